The van der Waals surface area contributed by atoms with Gasteiger partial charge in [-0.3, -0.25) is 5.32 Å². The van der Waals surface area contributed by atoms with E-state index < -0.39 is 11.9 Å². The van der Waals surface area contributed by atoms with E-state index in [-0.39, 0.29) is 18.2 Å². The van der Waals surface area contributed by atoms with E-state index in [1.807, 2.05) is 35.6 Å². The van der Waals surface area contributed by atoms with Crippen LogP contribution in [0.3, 0.4) is 0 Å². The number of anilines is 1. The summed E-state index contributed by atoms with van der Waals surface area (Å²) in [7, 11) is 0. The maximum atomic E-state index is 13.6. The smallest absolute Gasteiger partial charge is 0.409 e. The van der Waals surface area contributed by atoms with E-state index >= 15 is 0 Å². The van der Waals surface area contributed by atoms with Crippen molar-refractivity contribution in [3.8, 4) is 5.88 Å². The van der Waals surface area contributed by atoms with Crippen molar-refractivity contribution >= 4 is 11.8 Å². The van der Waals surface area contributed by atoms with Crippen LogP contribution in [0, 0.1) is 5.82 Å². The molecule has 1 heterocycles. The van der Waals surface area contributed by atoms with E-state index in [0.717, 1.165) is 11.6 Å². The van der Waals surface area contributed by atoms with Crippen molar-refractivity contribution in [2.45, 2.75) is 6.61 Å². The van der Waals surface area contributed by atoms with E-state index in [4.69, 9.17) is 9.84 Å². The Balaban J connectivity index is 2.03. The minimum Gasteiger partial charge on any atom is -0.471 e. The largest absolute Gasteiger partial charge is 0.471 e. The van der Waals surface area contributed by atoms with Gasteiger partial charge in [-0.2, -0.15) is 0 Å². The second kappa shape index (κ2) is 5.81. The standard InChI is InChI=1S/C13H11FN2O3/c14-11-6-10(16-13(17)18)7-15-12(11)19-8-9-4-2-1-3-5-9/h1-7,16H,8H2,(H,17,18). The minimum atomic E-state index is -1.28. The third-order valence-electron chi connectivity index (χ3n) is 2.28. The van der Waals surface area contributed by atoms with Gasteiger partial charge in [0.1, 0.15) is 6.61 Å². The summed E-state index contributed by atoms with van der Waals surface area (Å²) in [5.41, 5.74) is 0.938. The van der Waals surface area contributed by atoms with Crippen molar-refractivity contribution in [1.29, 1.82) is 0 Å². The molecule has 1 amide bonds. The lowest BCUT2D eigenvalue weighted by molar-refractivity contribution is 0.209. The first-order chi connectivity index (χ1) is 9.15. The Bertz CT molecular complexity index is 575. The number of ether oxygens (including phenoxy) is 1. The lowest BCUT2D eigenvalue weighted by atomic mass is 10.2. The summed E-state index contributed by atoms with van der Waals surface area (Å²) in [6, 6.07) is 10.3. The third-order valence-corrected chi connectivity index (χ3v) is 2.28. The molecule has 2 N–H and O–H groups in total. The Labute approximate surface area is 108 Å². The van der Waals surface area contributed by atoms with Crippen molar-refractivity contribution in [1.82, 2.24) is 4.98 Å². The number of carbonyl (C=O) groups is 1. The van der Waals surface area contributed by atoms with Gasteiger partial charge in [-0.25, -0.2) is 14.2 Å². The highest BCUT2D eigenvalue weighted by Gasteiger charge is 2.08. The fourth-order valence-electron chi connectivity index (χ4n) is 1.45. The van der Waals surface area contributed by atoms with Gasteiger partial charge in [0.15, 0.2) is 5.82 Å². The van der Waals surface area contributed by atoms with E-state index in [9.17, 15) is 9.18 Å². The van der Waals surface area contributed by atoms with Gasteiger partial charge in [-0.1, -0.05) is 30.3 Å². The zero-order valence-corrected chi connectivity index (χ0v) is 9.84. The zero-order valence-electron chi connectivity index (χ0n) is 9.84. The topological polar surface area (TPSA) is 71.5 Å². The first kappa shape index (κ1) is 12.8. The molecule has 2 aromatic rings. The van der Waals surface area contributed by atoms with Crippen LogP contribution in [-0.4, -0.2) is 16.2 Å². The van der Waals surface area contributed by atoms with Crippen LogP contribution in [0.2, 0.25) is 0 Å². The highest BCUT2D eigenvalue weighted by molar-refractivity contribution is 5.82. The van der Waals surface area contributed by atoms with Crippen molar-refractivity contribution in [3.63, 3.8) is 0 Å². The lowest BCUT2D eigenvalue weighted by Gasteiger charge is -2.07. The molecule has 0 fully saturated rings. The van der Waals surface area contributed by atoms with Gasteiger partial charge in [-0.05, 0) is 5.56 Å². The highest BCUT2D eigenvalue weighted by atomic mass is 19.1. The Kier molecular flexibility index (Phi) is 3.92. The monoisotopic (exact) mass is 262 g/mol. The molecular formula is C13H11FN2O3. The number of aromatic nitrogens is 1. The summed E-state index contributed by atoms with van der Waals surface area (Å²) in [6.45, 7) is 0.191. The van der Waals surface area contributed by atoms with Crippen LogP contribution in [0.15, 0.2) is 42.6 Å². The van der Waals surface area contributed by atoms with Gasteiger partial charge in [0.05, 0.1) is 11.9 Å². The Morgan fingerprint density at radius 2 is 2.11 bits per heavy atom. The summed E-state index contributed by atoms with van der Waals surface area (Å²) in [5, 5.41) is 10.5. The van der Waals surface area contributed by atoms with Crippen molar-refractivity contribution in [3.05, 3.63) is 54.0 Å². The number of hydrogen-bond acceptors (Lipinski definition) is 3. The molecule has 0 bridgehead atoms. The molecule has 0 saturated heterocycles. The zero-order chi connectivity index (χ0) is 13.7. The fourth-order valence-corrected chi connectivity index (χ4v) is 1.45. The molecule has 0 unspecified atom stereocenters. The molecule has 6 heteroatoms. The quantitative estimate of drug-likeness (QED) is 0.888. The molecular weight excluding hydrogens is 251 g/mol. The molecule has 98 valence electrons. The van der Waals surface area contributed by atoms with Crippen LogP contribution < -0.4 is 10.1 Å². The summed E-state index contributed by atoms with van der Waals surface area (Å²) < 4.78 is 18.8. The maximum Gasteiger partial charge on any atom is 0.409 e. The molecule has 0 radical (unpaired) electrons. The number of nitrogens with one attached hydrogen (secondary N) is 1. The lowest BCUT2D eigenvalue weighted by Crippen LogP contribution is -2.08. The van der Waals surface area contributed by atoms with Gasteiger partial charge in [-0.15, -0.1) is 0 Å². The number of pyridine rings is 1. The molecule has 19 heavy (non-hydrogen) atoms. The molecule has 0 aliphatic heterocycles. The number of nitrogens with zero attached hydrogens (tertiary/aromatic N) is 1. The van der Waals surface area contributed by atoms with Crippen molar-refractivity contribution in [2.24, 2.45) is 0 Å². The molecule has 0 atom stereocenters. The van der Waals surface area contributed by atoms with E-state index in [0.29, 0.717) is 0 Å². The van der Waals surface area contributed by atoms with Gasteiger partial charge in [0, 0.05) is 6.07 Å². The fraction of sp³-hybridized carbons (Fsp3) is 0.0769. The molecule has 1 aromatic heterocycles. The van der Waals surface area contributed by atoms with Gasteiger partial charge in [0.2, 0.25) is 0 Å². The Hall–Kier alpha value is -2.63. The third kappa shape index (κ3) is 3.67. The van der Waals surface area contributed by atoms with Crippen LogP contribution >= 0.6 is 0 Å². The molecule has 0 saturated carbocycles. The minimum absolute atomic E-state index is 0.0528. The average Bonchev–Trinajstić information content (AvgIpc) is 2.38. The van der Waals surface area contributed by atoms with E-state index in [1.165, 1.54) is 6.20 Å². The van der Waals surface area contributed by atoms with Crippen LogP contribution in [0.4, 0.5) is 14.9 Å². The summed E-state index contributed by atoms with van der Waals surface area (Å²) >= 11 is 0. The number of halogens is 1. The Morgan fingerprint density at radius 1 is 1.37 bits per heavy atom. The van der Waals surface area contributed by atoms with Crippen molar-refractivity contribution in [2.75, 3.05) is 5.32 Å². The second-order valence-electron chi connectivity index (χ2n) is 3.72. The Morgan fingerprint density at radius 3 is 2.74 bits per heavy atom. The summed E-state index contributed by atoms with van der Waals surface area (Å²) in [6.07, 6.45) is -0.0866. The van der Waals surface area contributed by atoms with E-state index in [2.05, 4.69) is 4.98 Å². The summed E-state index contributed by atoms with van der Waals surface area (Å²) in [4.78, 5) is 14.1. The molecule has 0 aliphatic carbocycles. The number of hydrogen-bond donors (Lipinski definition) is 2. The first-order valence-electron chi connectivity index (χ1n) is 5.47. The number of carboxylic acid groups (broad SMARTS) is 1. The predicted octanol–water partition coefficient (Wildman–Crippen LogP) is 2.89. The van der Waals surface area contributed by atoms with Crippen LogP contribution in [0.25, 0.3) is 0 Å². The van der Waals surface area contributed by atoms with Gasteiger partial charge < -0.3 is 9.84 Å². The molecule has 0 spiro atoms. The van der Waals surface area contributed by atoms with E-state index in [1.54, 1.807) is 0 Å². The van der Waals surface area contributed by atoms with Crippen LogP contribution in [0.1, 0.15) is 5.56 Å². The highest BCUT2D eigenvalue weighted by Crippen LogP contribution is 2.18. The first-order valence-corrected chi connectivity index (χ1v) is 5.47. The maximum absolute atomic E-state index is 13.6. The molecule has 2 rings (SSSR count). The van der Waals surface area contributed by atoms with Crippen LogP contribution in [0.5, 0.6) is 5.88 Å². The van der Waals surface area contributed by atoms with Crippen molar-refractivity contribution < 1.29 is 19.0 Å². The SMILES string of the molecule is O=C(O)Nc1cnc(OCc2ccccc2)c(F)c1. The van der Waals surface area contributed by atoms with Crippen LogP contribution in [-0.2, 0) is 6.61 Å². The van der Waals surface area contributed by atoms with Gasteiger partial charge >= 0.3 is 6.09 Å². The molecule has 0 aliphatic rings. The summed E-state index contributed by atoms with van der Waals surface area (Å²) in [5.74, 6) is -0.887. The predicted molar refractivity (Wildman–Crippen MR) is 66.6 cm³/mol. The number of amides is 1. The average molecular weight is 262 g/mol. The molecule has 1 aromatic carbocycles. The van der Waals surface area contributed by atoms with Gasteiger partial charge in [0.25, 0.3) is 5.88 Å². The normalized spacial score (nSPS) is 9.95. The second-order valence-corrected chi connectivity index (χ2v) is 3.72. The molecule has 5 nitrogen and oxygen atoms in total. The number of rotatable bonds is 4. The number of benzene rings is 1.